The summed E-state index contributed by atoms with van der Waals surface area (Å²) in [6.07, 6.45) is 0. The van der Waals surface area contributed by atoms with Gasteiger partial charge in [-0.15, -0.1) is 0 Å². The number of nitrogens with one attached hydrogen (secondary N) is 1. The third kappa shape index (κ3) is 2.30. The Bertz CT molecular complexity index is 320. The van der Waals surface area contributed by atoms with Crippen molar-refractivity contribution in [3.8, 4) is 0 Å². The third-order valence-corrected chi connectivity index (χ3v) is 1.47. The van der Waals surface area contributed by atoms with Gasteiger partial charge in [0.05, 0.1) is 0 Å². The maximum atomic E-state index is 10.7. The largest absolute Gasteiger partial charge is 0.476 e. The SMILES string of the molecule is CN/N=C(/C(=O)O)c1ccccc1. The molecule has 1 aromatic rings. The molecule has 68 valence electrons. The van der Waals surface area contributed by atoms with Crippen molar-refractivity contribution in [3.63, 3.8) is 0 Å². The van der Waals surface area contributed by atoms with Crippen molar-refractivity contribution in [1.82, 2.24) is 5.43 Å². The van der Waals surface area contributed by atoms with E-state index in [0.717, 1.165) is 0 Å². The molecule has 4 nitrogen and oxygen atoms in total. The second-order valence-electron chi connectivity index (χ2n) is 2.36. The Morgan fingerprint density at radius 3 is 2.46 bits per heavy atom. The fourth-order valence-corrected chi connectivity index (χ4v) is 0.944. The molecule has 1 aromatic carbocycles. The van der Waals surface area contributed by atoms with E-state index in [2.05, 4.69) is 10.5 Å². The van der Waals surface area contributed by atoms with E-state index < -0.39 is 5.97 Å². The van der Waals surface area contributed by atoms with Gasteiger partial charge in [0.25, 0.3) is 0 Å². The topological polar surface area (TPSA) is 61.7 Å². The summed E-state index contributed by atoms with van der Waals surface area (Å²) in [6.45, 7) is 0. The van der Waals surface area contributed by atoms with Crippen molar-refractivity contribution in [2.45, 2.75) is 0 Å². The number of carboxylic acid groups (broad SMARTS) is 1. The molecule has 13 heavy (non-hydrogen) atoms. The average molecular weight is 178 g/mol. The van der Waals surface area contributed by atoms with Crippen LogP contribution in [0.1, 0.15) is 5.56 Å². The van der Waals surface area contributed by atoms with Crippen molar-refractivity contribution in [1.29, 1.82) is 0 Å². The van der Waals surface area contributed by atoms with Gasteiger partial charge in [0.15, 0.2) is 5.71 Å². The number of carbonyl (C=O) groups is 1. The van der Waals surface area contributed by atoms with Gasteiger partial charge in [0, 0.05) is 12.6 Å². The summed E-state index contributed by atoms with van der Waals surface area (Å²) in [4.78, 5) is 10.7. The molecule has 1 rings (SSSR count). The number of hydrogen-bond donors (Lipinski definition) is 2. The molecule has 0 unspecified atom stereocenters. The molecule has 0 aliphatic rings. The normalized spacial score (nSPS) is 11.0. The lowest BCUT2D eigenvalue weighted by Gasteiger charge is -1.99. The molecule has 0 amide bonds. The Morgan fingerprint density at radius 1 is 1.38 bits per heavy atom. The van der Waals surface area contributed by atoms with E-state index in [9.17, 15) is 4.79 Å². The van der Waals surface area contributed by atoms with Crippen LogP contribution in [0.5, 0.6) is 0 Å². The molecule has 0 heterocycles. The van der Waals surface area contributed by atoms with Gasteiger partial charge in [-0.2, -0.15) is 5.10 Å². The number of nitrogens with zero attached hydrogens (tertiary/aromatic N) is 1. The quantitative estimate of drug-likeness (QED) is 0.529. The predicted octanol–water partition coefficient (Wildman–Crippen LogP) is 0.695. The first kappa shape index (κ1) is 9.25. The highest BCUT2D eigenvalue weighted by Gasteiger charge is 2.10. The van der Waals surface area contributed by atoms with Gasteiger partial charge in [-0.1, -0.05) is 30.3 Å². The van der Waals surface area contributed by atoms with E-state index >= 15 is 0 Å². The predicted molar refractivity (Wildman–Crippen MR) is 49.7 cm³/mol. The Morgan fingerprint density at radius 2 is 2.00 bits per heavy atom. The van der Waals surface area contributed by atoms with Crippen molar-refractivity contribution >= 4 is 11.7 Å². The zero-order valence-corrected chi connectivity index (χ0v) is 7.19. The monoisotopic (exact) mass is 178 g/mol. The van der Waals surface area contributed by atoms with Crippen LogP contribution in [0.2, 0.25) is 0 Å². The highest BCUT2D eigenvalue weighted by atomic mass is 16.4. The van der Waals surface area contributed by atoms with Gasteiger partial charge in [-0.25, -0.2) is 4.79 Å². The van der Waals surface area contributed by atoms with Gasteiger partial charge < -0.3 is 10.5 Å². The minimum absolute atomic E-state index is 0.0168. The molecule has 0 aliphatic carbocycles. The average Bonchev–Trinajstić information content (AvgIpc) is 2.15. The molecular formula is C9H10N2O2. The van der Waals surface area contributed by atoms with E-state index in [4.69, 9.17) is 5.11 Å². The molecule has 0 saturated heterocycles. The van der Waals surface area contributed by atoms with Gasteiger partial charge in [0.1, 0.15) is 0 Å². The molecule has 4 heteroatoms. The zero-order chi connectivity index (χ0) is 9.68. The number of aliphatic carboxylic acids is 1. The highest BCUT2D eigenvalue weighted by Crippen LogP contribution is 2.00. The van der Waals surface area contributed by atoms with Crippen molar-refractivity contribution < 1.29 is 9.90 Å². The summed E-state index contributed by atoms with van der Waals surface area (Å²) in [6, 6.07) is 8.75. The third-order valence-electron chi connectivity index (χ3n) is 1.47. The first-order valence-electron chi connectivity index (χ1n) is 3.79. The second-order valence-corrected chi connectivity index (χ2v) is 2.36. The summed E-state index contributed by atoms with van der Waals surface area (Å²) in [7, 11) is 1.56. The van der Waals surface area contributed by atoms with Gasteiger partial charge in [-0.05, 0) is 0 Å². The lowest BCUT2D eigenvalue weighted by atomic mass is 10.1. The van der Waals surface area contributed by atoms with E-state index in [1.165, 1.54) is 0 Å². The minimum Gasteiger partial charge on any atom is -0.476 e. The van der Waals surface area contributed by atoms with Crippen LogP contribution >= 0.6 is 0 Å². The Kier molecular flexibility index (Phi) is 3.03. The molecule has 0 bridgehead atoms. The van der Waals surface area contributed by atoms with Gasteiger partial charge >= 0.3 is 5.97 Å². The molecule has 0 fully saturated rings. The lowest BCUT2D eigenvalue weighted by Crippen LogP contribution is -2.17. The molecular weight excluding hydrogens is 168 g/mol. The smallest absolute Gasteiger partial charge is 0.356 e. The summed E-state index contributed by atoms with van der Waals surface area (Å²) in [5.74, 6) is -1.04. The molecule has 0 aliphatic heterocycles. The highest BCUT2D eigenvalue weighted by molar-refractivity contribution is 6.42. The maximum Gasteiger partial charge on any atom is 0.356 e. The van der Waals surface area contributed by atoms with Crippen LogP contribution in [0.4, 0.5) is 0 Å². The Hall–Kier alpha value is -1.84. The first-order chi connectivity index (χ1) is 6.25. The van der Waals surface area contributed by atoms with E-state index in [0.29, 0.717) is 5.56 Å². The Balaban J connectivity index is 3.03. The van der Waals surface area contributed by atoms with E-state index in [1.54, 1.807) is 31.3 Å². The van der Waals surface area contributed by atoms with Crippen molar-refractivity contribution in [3.05, 3.63) is 35.9 Å². The van der Waals surface area contributed by atoms with Crippen LogP contribution in [0, 0.1) is 0 Å². The van der Waals surface area contributed by atoms with Crippen LogP contribution in [-0.4, -0.2) is 23.8 Å². The number of rotatable bonds is 3. The summed E-state index contributed by atoms with van der Waals surface area (Å²) in [5.41, 5.74) is 3.06. The van der Waals surface area contributed by atoms with Crippen molar-refractivity contribution in [2.75, 3.05) is 7.05 Å². The van der Waals surface area contributed by atoms with Crippen LogP contribution < -0.4 is 5.43 Å². The fourth-order valence-electron chi connectivity index (χ4n) is 0.944. The standard InChI is InChI=1S/C9H10N2O2/c1-10-11-8(9(12)13)7-5-3-2-4-6-7/h2-6,10H,1H3,(H,12,13)/b11-8+. The number of hydrogen-bond acceptors (Lipinski definition) is 3. The van der Waals surface area contributed by atoms with Gasteiger partial charge in [0.2, 0.25) is 0 Å². The van der Waals surface area contributed by atoms with Gasteiger partial charge in [-0.3, -0.25) is 0 Å². The summed E-state index contributed by atoms with van der Waals surface area (Å²) < 4.78 is 0. The Labute approximate surface area is 75.9 Å². The van der Waals surface area contributed by atoms with Crippen LogP contribution in [0.25, 0.3) is 0 Å². The van der Waals surface area contributed by atoms with Crippen LogP contribution in [0.3, 0.4) is 0 Å². The first-order valence-corrected chi connectivity index (χ1v) is 3.79. The summed E-state index contributed by atoms with van der Waals surface area (Å²) in [5, 5.41) is 12.4. The molecule has 0 spiro atoms. The lowest BCUT2D eigenvalue weighted by molar-refractivity contribution is -0.129. The molecule has 2 N–H and O–H groups in total. The number of benzene rings is 1. The maximum absolute atomic E-state index is 10.7. The molecule has 0 atom stereocenters. The van der Waals surface area contributed by atoms with Crippen LogP contribution in [-0.2, 0) is 4.79 Å². The fraction of sp³-hybridized carbons (Fsp3) is 0.111. The molecule has 0 aromatic heterocycles. The summed E-state index contributed by atoms with van der Waals surface area (Å²) >= 11 is 0. The minimum atomic E-state index is -1.04. The van der Waals surface area contributed by atoms with Crippen molar-refractivity contribution in [2.24, 2.45) is 5.10 Å². The molecule has 0 radical (unpaired) electrons. The zero-order valence-electron chi connectivity index (χ0n) is 7.19. The molecule has 0 saturated carbocycles. The van der Waals surface area contributed by atoms with E-state index in [1.807, 2.05) is 6.07 Å². The van der Waals surface area contributed by atoms with E-state index in [-0.39, 0.29) is 5.71 Å². The van der Waals surface area contributed by atoms with Crippen LogP contribution in [0.15, 0.2) is 35.4 Å². The second kappa shape index (κ2) is 4.25. The number of hydrazone groups is 1. The number of carboxylic acids is 1.